The zero-order valence-electron chi connectivity index (χ0n) is 12.7. The van der Waals surface area contributed by atoms with Crippen molar-refractivity contribution in [1.29, 1.82) is 0 Å². The molecule has 2 heterocycles. The average molecular weight is 393 g/mol. The number of rotatable bonds is 5. The van der Waals surface area contributed by atoms with Crippen LogP contribution in [0.5, 0.6) is 0 Å². The maximum atomic E-state index is 11.9. The van der Waals surface area contributed by atoms with Crippen LogP contribution >= 0.6 is 35.6 Å². The Kier molecular flexibility index (Phi) is 7.69. The van der Waals surface area contributed by atoms with Crippen LogP contribution in [0, 0.1) is 0 Å². The number of carbonyl (C=O) groups is 1. The first-order valence-corrected chi connectivity index (χ1v) is 7.50. The van der Waals surface area contributed by atoms with Gasteiger partial charge in [0.05, 0.1) is 0 Å². The Morgan fingerprint density at radius 1 is 1.29 bits per heavy atom. The maximum Gasteiger partial charge on any atom is 0.323 e. The molecule has 2 aromatic heterocycles. The average Bonchev–Trinajstić information content (AvgIpc) is 2.47. The number of ether oxygens (including phenoxy) is 1. The Morgan fingerprint density at radius 2 is 1.92 bits per heavy atom. The Balaban J connectivity index is 0.00000288. The molecule has 130 valence electrons. The fourth-order valence-electron chi connectivity index (χ4n) is 1.91. The van der Waals surface area contributed by atoms with E-state index in [1.807, 2.05) is 0 Å². The number of carbonyl (C=O) groups excluding carboxylic acids is 1. The summed E-state index contributed by atoms with van der Waals surface area (Å²) in [4.78, 5) is 27.3. The maximum absolute atomic E-state index is 11.9. The third kappa shape index (κ3) is 5.79. The summed E-state index contributed by atoms with van der Waals surface area (Å²) in [7, 11) is 1.64. The van der Waals surface area contributed by atoms with Crippen molar-refractivity contribution < 1.29 is 9.53 Å². The number of halogens is 3. The van der Waals surface area contributed by atoms with E-state index in [4.69, 9.17) is 33.7 Å². The van der Waals surface area contributed by atoms with Gasteiger partial charge in [-0.1, -0.05) is 23.2 Å². The third-order valence-corrected chi connectivity index (χ3v) is 3.52. The fraction of sp³-hybridized carbons (Fsp3) is 0.267. The topological polar surface area (TPSA) is 87.2 Å². The van der Waals surface area contributed by atoms with Crippen molar-refractivity contribution in [3.63, 3.8) is 0 Å². The summed E-state index contributed by atoms with van der Waals surface area (Å²) < 4.78 is 6.57. The smallest absolute Gasteiger partial charge is 0.323 e. The molecule has 0 aliphatic carbocycles. The number of nitrogens with zero attached hydrogens (tertiary/aromatic N) is 2. The molecule has 2 N–H and O–H groups in total. The van der Waals surface area contributed by atoms with E-state index in [0.29, 0.717) is 11.1 Å². The highest BCUT2D eigenvalue weighted by atomic mass is 35.5. The van der Waals surface area contributed by atoms with Gasteiger partial charge in [-0.3, -0.25) is 9.59 Å². The molecule has 0 bridgehead atoms. The largest absolute Gasteiger partial charge is 0.460 e. The van der Waals surface area contributed by atoms with E-state index in [9.17, 15) is 9.59 Å². The van der Waals surface area contributed by atoms with Gasteiger partial charge in [-0.15, -0.1) is 12.4 Å². The van der Waals surface area contributed by atoms with Crippen LogP contribution in [-0.4, -0.2) is 21.6 Å². The molecule has 24 heavy (non-hydrogen) atoms. The van der Waals surface area contributed by atoms with Crippen LogP contribution < -0.4 is 11.3 Å². The van der Waals surface area contributed by atoms with Gasteiger partial charge < -0.3 is 15.0 Å². The van der Waals surface area contributed by atoms with Crippen molar-refractivity contribution in [2.45, 2.75) is 19.1 Å². The predicted octanol–water partition coefficient (Wildman–Crippen LogP) is 2.12. The van der Waals surface area contributed by atoms with Gasteiger partial charge in [0.25, 0.3) is 5.56 Å². The number of aromatic nitrogens is 2. The van der Waals surface area contributed by atoms with Gasteiger partial charge in [0, 0.05) is 19.3 Å². The van der Waals surface area contributed by atoms with Crippen LogP contribution in [0.25, 0.3) is 0 Å². The Bertz CT molecular complexity index is 760. The van der Waals surface area contributed by atoms with Gasteiger partial charge in [0.2, 0.25) is 0 Å². The molecular weight excluding hydrogens is 377 g/mol. The minimum Gasteiger partial charge on any atom is -0.460 e. The first kappa shape index (κ1) is 20.4. The predicted molar refractivity (Wildman–Crippen MR) is 94.7 cm³/mol. The molecule has 0 aromatic carbocycles. The third-order valence-electron chi connectivity index (χ3n) is 3.13. The number of pyridine rings is 2. The molecule has 1 atom stereocenters. The van der Waals surface area contributed by atoms with E-state index in [2.05, 4.69) is 4.98 Å². The number of nitrogens with two attached hydrogens (primary N) is 1. The minimum atomic E-state index is -0.866. The number of esters is 1. The SMILES string of the molecule is Cl.Cn1ccc(C[C@H](N)C(=O)OCc2cc(Cl)nc(Cl)c2)cc1=O. The van der Waals surface area contributed by atoms with Gasteiger partial charge in [0.1, 0.15) is 23.0 Å². The first-order valence-electron chi connectivity index (χ1n) is 6.75. The van der Waals surface area contributed by atoms with Crippen LogP contribution in [0.1, 0.15) is 11.1 Å². The fourth-order valence-corrected chi connectivity index (χ4v) is 2.42. The van der Waals surface area contributed by atoms with Gasteiger partial charge >= 0.3 is 5.97 Å². The second kappa shape index (κ2) is 9.03. The van der Waals surface area contributed by atoms with E-state index in [-0.39, 0.29) is 41.3 Å². The molecule has 0 aliphatic rings. The summed E-state index contributed by atoms with van der Waals surface area (Å²) in [5.74, 6) is -0.574. The second-order valence-electron chi connectivity index (χ2n) is 5.02. The molecule has 0 saturated heterocycles. The van der Waals surface area contributed by atoms with Crippen LogP contribution in [0.2, 0.25) is 10.3 Å². The summed E-state index contributed by atoms with van der Waals surface area (Å²) in [6, 6.07) is 5.40. The van der Waals surface area contributed by atoms with Gasteiger partial charge in [-0.25, -0.2) is 4.98 Å². The molecule has 0 unspecified atom stereocenters. The van der Waals surface area contributed by atoms with Crippen molar-refractivity contribution in [2.24, 2.45) is 12.8 Å². The first-order chi connectivity index (χ1) is 10.8. The Morgan fingerprint density at radius 3 is 2.50 bits per heavy atom. The van der Waals surface area contributed by atoms with Crippen molar-refractivity contribution in [3.8, 4) is 0 Å². The lowest BCUT2D eigenvalue weighted by molar-refractivity contribution is -0.146. The van der Waals surface area contributed by atoms with Crippen molar-refractivity contribution >= 4 is 41.6 Å². The normalized spacial score (nSPS) is 11.5. The highest BCUT2D eigenvalue weighted by molar-refractivity contribution is 6.32. The quantitative estimate of drug-likeness (QED) is 0.622. The highest BCUT2D eigenvalue weighted by Gasteiger charge is 2.16. The molecule has 0 amide bonds. The van der Waals surface area contributed by atoms with Gasteiger partial charge in [-0.05, 0) is 35.7 Å². The van der Waals surface area contributed by atoms with Crippen molar-refractivity contribution in [3.05, 3.63) is 62.2 Å². The van der Waals surface area contributed by atoms with Crippen LogP contribution in [0.15, 0.2) is 35.3 Å². The molecule has 2 rings (SSSR count). The monoisotopic (exact) mass is 391 g/mol. The summed E-state index contributed by atoms with van der Waals surface area (Å²) in [5, 5.41) is 0.431. The number of aryl methyl sites for hydroxylation is 1. The zero-order valence-corrected chi connectivity index (χ0v) is 15.1. The molecule has 0 saturated carbocycles. The zero-order chi connectivity index (χ0) is 17.0. The van der Waals surface area contributed by atoms with E-state index in [1.54, 1.807) is 31.4 Å². The van der Waals surface area contributed by atoms with Crippen molar-refractivity contribution in [1.82, 2.24) is 9.55 Å². The minimum absolute atomic E-state index is 0. The molecule has 0 aliphatic heterocycles. The molecule has 0 fully saturated rings. The Hall–Kier alpha value is -1.60. The van der Waals surface area contributed by atoms with E-state index >= 15 is 0 Å². The van der Waals surface area contributed by atoms with Crippen LogP contribution in [0.4, 0.5) is 0 Å². The number of hydrogen-bond donors (Lipinski definition) is 1. The highest BCUT2D eigenvalue weighted by Crippen LogP contribution is 2.15. The lowest BCUT2D eigenvalue weighted by atomic mass is 10.1. The molecule has 0 radical (unpaired) electrons. The summed E-state index contributed by atoms with van der Waals surface area (Å²) >= 11 is 11.5. The van der Waals surface area contributed by atoms with E-state index in [0.717, 1.165) is 0 Å². The van der Waals surface area contributed by atoms with Crippen molar-refractivity contribution in [2.75, 3.05) is 0 Å². The van der Waals surface area contributed by atoms with E-state index in [1.165, 1.54) is 10.6 Å². The number of hydrogen-bond acceptors (Lipinski definition) is 5. The molecule has 9 heteroatoms. The Labute approximate surface area is 154 Å². The lowest BCUT2D eigenvalue weighted by Gasteiger charge is -2.12. The summed E-state index contributed by atoms with van der Waals surface area (Å²) in [6.07, 6.45) is 1.84. The van der Waals surface area contributed by atoms with E-state index < -0.39 is 12.0 Å². The molecule has 2 aromatic rings. The second-order valence-corrected chi connectivity index (χ2v) is 5.80. The summed E-state index contributed by atoms with van der Waals surface area (Å²) in [5.41, 5.74) is 6.94. The van der Waals surface area contributed by atoms with Gasteiger partial charge in [0.15, 0.2) is 0 Å². The van der Waals surface area contributed by atoms with Gasteiger partial charge in [-0.2, -0.15) is 0 Å². The summed E-state index contributed by atoms with van der Waals surface area (Å²) in [6.45, 7) is -0.00888. The van der Waals surface area contributed by atoms with Crippen LogP contribution in [-0.2, 0) is 29.6 Å². The molecule has 0 spiro atoms. The van der Waals surface area contributed by atoms with Crippen LogP contribution in [0.3, 0.4) is 0 Å². The lowest BCUT2D eigenvalue weighted by Crippen LogP contribution is -2.34. The molecule has 6 nitrogen and oxygen atoms in total. The molecular formula is C15H16Cl3N3O3. The standard InChI is InChI=1S/C15H15Cl2N3O3.ClH/c1-20-3-2-9(7-14(20)21)4-11(18)15(22)23-8-10-5-12(16)19-13(17)6-10;/h2-3,5-7,11H,4,8,18H2,1H3;1H/t11-;/m0./s1.